The van der Waals surface area contributed by atoms with Gasteiger partial charge < -0.3 is 0 Å². The normalized spacial score (nSPS) is 18.4. The van der Waals surface area contributed by atoms with E-state index in [9.17, 15) is 16.8 Å². The number of nitrogens with one attached hydrogen (secondary N) is 1. The molecule has 1 fully saturated rings. The molecule has 1 aliphatic heterocycles. The van der Waals surface area contributed by atoms with Crippen molar-refractivity contribution in [3.63, 3.8) is 0 Å². The maximum absolute atomic E-state index is 12.1. The average Bonchev–Trinajstić information content (AvgIpc) is 2.54. The van der Waals surface area contributed by atoms with Gasteiger partial charge in [-0.05, 0) is 30.9 Å². The predicted molar refractivity (Wildman–Crippen MR) is 86.3 cm³/mol. The second kappa shape index (κ2) is 7.22. The minimum atomic E-state index is -3.57. The van der Waals surface area contributed by atoms with Crippen LogP contribution in [0.2, 0.25) is 0 Å². The van der Waals surface area contributed by atoms with E-state index in [0.29, 0.717) is 32.5 Å². The van der Waals surface area contributed by atoms with Crippen LogP contribution in [0.15, 0.2) is 29.4 Å². The Kier molecular flexibility index (Phi) is 5.74. The molecule has 1 saturated heterocycles. The van der Waals surface area contributed by atoms with E-state index >= 15 is 0 Å². The van der Waals surface area contributed by atoms with Gasteiger partial charge in [0.1, 0.15) is 4.90 Å². The topological polar surface area (TPSA) is 99.7 Å². The predicted octanol–water partition coefficient (Wildman–Crippen LogP) is -0.122. The minimum Gasteiger partial charge on any atom is -0.263 e. The molecule has 0 saturated carbocycles. The van der Waals surface area contributed by atoms with Crippen molar-refractivity contribution < 1.29 is 16.8 Å². The molecule has 1 aliphatic rings. The molecule has 2 rings (SSSR count). The van der Waals surface area contributed by atoms with Crippen molar-refractivity contribution in [2.45, 2.75) is 17.7 Å². The van der Waals surface area contributed by atoms with Gasteiger partial charge in [-0.1, -0.05) is 0 Å². The third-order valence-corrected chi connectivity index (χ3v) is 7.22. The first-order valence-electron chi connectivity index (χ1n) is 7.31. The summed E-state index contributed by atoms with van der Waals surface area (Å²) in [7, 11) is -3.95. The molecule has 1 N–H and O–H groups in total. The molecule has 8 nitrogen and oxygen atoms in total. The van der Waals surface area contributed by atoms with Crippen molar-refractivity contribution in [2.24, 2.45) is 5.92 Å². The van der Waals surface area contributed by atoms with Gasteiger partial charge in [0.25, 0.3) is 10.2 Å². The Morgan fingerprint density at radius 1 is 1.26 bits per heavy atom. The van der Waals surface area contributed by atoms with Crippen LogP contribution in [-0.2, 0) is 20.2 Å². The average molecular weight is 362 g/mol. The number of hydrogen-bond donors (Lipinski definition) is 1. The zero-order valence-electron chi connectivity index (χ0n) is 13.2. The van der Waals surface area contributed by atoms with Crippen LogP contribution >= 0.6 is 0 Å². The van der Waals surface area contributed by atoms with Gasteiger partial charge in [-0.25, -0.2) is 13.1 Å². The Bertz CT molecular complexity index is 712. The molecule has 10 heteroatoms. The standard InChI is InChI=1S/C13H22N4O4S2/c1-16(2)23(20,21)17-8-5-12(6-9-17)10-15-22(18,19)13-4-3-7-14-11-13/h3-4,7,11-12,15H,5-6,8-10H2,1-2H3. The van der Waals surface area contributed by atoms with Gasteiger partial charge in [-0.15, -0.1) is 0 Å². The van der Waals surface area contributed by atoms with Gasteiger partial charge >= 0.3 is 0 Å². The fourth-order valence-electron chi connectivity index (χ4n) is 2.39. The van der Waals surface area contributed by atoms with Crippen LogP contribution in [-0.4, -0.2) is 64.2 Å². The summed E-state index contributed by atoms with van der Waals surface area (Å²) in [5.41, 5.74) is 0. The van der Waals surface area contributed by atoms with Gasteiger partial charge in [0.05, 0.1) is 0 Å². The van der Waals surface area contributed by atoms with E-state index in [0.717, 1.165) is 0 Å². The molecule has 130 valence electrons. The molecule has 0 amide bonds. The molecule has 0 aliphatic carbocycles. The molecule has 0 radical (unpaired) electrons. The van der Waals surface area contributed by atoms with Gasteiger partial charge in [-0.3, -0.25) is 4.98 Å². The lowest BCUT2D eigenvalue weighted by molar-refractivity contribution is 0.263. The first kappa shape index (κ1) is 18.3. The number of pyridine rings is 1. The molecule has 0 spiro atoms. The maximum Gasteiger partial charge on any atom is 0.281 e. The Morgan fingerprint density at radius 3 is 2.43 bits per heavy atom. The summed E-state index contributed by atoms with van der Waals surface area (Å²) in [5.74, 6) is 0.120. The molecule has 1 aromatic rings. The van der Waals surface area contributed by atoms with Crippen molar-refractivity contribution in [3.8, 4) is 0 Å². The molecule has 0 aromatic carbocycles. The van der Waals surface area contributed by atoms with E-state index in [1.54, 1.807) is 6.07 Å². The fourth-order valence-corrected chi connectivity index (χ4v) is 4.61. The Morgan fingerprint density at radius 2 is 1.91 bits per heavy atom. The van der Waals surface area contributed by atoms with Gasteiger partial charge in [0.2, 0.25) is 10.0 Å². The third-order valence-electron chi connectivity index (χ3n) is 3.87. The van der Waals surface area contributed by atoms with Crippen LogP contribution in [0, 0.1) is 5.92 Å². The summed E-state index contributed by atoms with van der Waals surface area (Å²) < 4.78 is 53.5. The zero-order valence-corrected chi connectivity index (χ0v) is 14.8. The van der Waals surface area contributed by atoms with E-state index in [-0.39, 0.29) is 10.8 Å². The van der Waals surface area contributed by atoms with Crippen LogP contribution in [0.5, 0.6) is 0 Å². The summed E-state index contributed by atoms with van der Waals surface area (Å²) in [5, 5.41) is 0. The van der Waals surface area contributed by atoms with E-state index in [1.807, 2.05) is 0 Å². The van der Waals surface area contributed by atoms with Crippen LogP contribution < -0.4 is 4.72 Å². The van der Waals surface area contributed by atoms with Gasteiger partial charge in [-0.2, -0.15) is 17.0 Å². The maximum atomic E-state index is 12.1. The van der Waals surface area contributed by atoms with Crippen molar-refractivity contribution >= 4 is 20.2 Å². The van der Waals surface area contributed by atoms with Crippen LogP contribution in [0.1, 0.15) is 12.8 Å². The van der Waals surface area contributed by atoms with E-state index in [4.69, 9.17) is 0 Å². The molecule has 23 heavy (non-hydrogen) atoms. The summed E-state index contributed by atoms with van der Waals surface area (Å²) in [6.45, 7) is 1.10. The quantitative estimate of drug-likeness (QED) is 0.760. The molecular weight excluding hydrogens is 340 g/mol. The van der Waals surface area contributed by atoms with E-state index in [1.165, 1.54) is 41.2 Å². The molecule has 0 bridgehead atoms. The number of hydrogen-bond acceptors (Lipinski definition) is 5. The number of aromatic nitrogens is 1. The smallest absolute Gasteiger partial charge is 0.263 e. The largest absolute Gasteiger partial charge is 0.281 e. The highest BCUT2D eigenvalue weighted by Crippen LogP contribution is 2.20. The van der Waals surface area contributed by atoms with Gasteiger partial charge in [0, 0.05) is 46.1 Å². The zero-order chi connectivity index (χ0) is 17.1. The highest BCUT2D eigenvalue weighted by Gasteiger charge is 2.30. The molecular formula is C13H22N4O4S2. The highest BCUT2D eigenvalue weighted by molar-refractivity contribution is 7.89. The molecule has 0 atom stereocenters. The van der Waals surface area contributed by atoms with Crippen molar-refractivity contribution in [3.05, 3.63) is 24.5 Å². The van der Waals surface area contributed by atoms with Crippen molar-refractivity contribution in [2.75, 3.05) is 33.7 Å². The SMILES string of the molecule is CN(C)S(=O)(=O)N1CCC(CNS(=O)(=O)c2cccnc2)CC1. The monoisotopic (exact) mass is 362 g/mol. The van der Waals surface area contributed by atoms with E-state index < -0.39 is 20.2 Å². The lowest BCUT2D eigenvalue weighted by atomic mass is 9.99. The number of nitrogens with zero attached hydrogens (tertiary/aromatic N) is 3. The summed E-state index contributed by atoms with van der Waals surface area (Å²) in [4.78, 5) is 3.93. The molecule has 1 aromatic heterocycles. The Hall–Kier alpha value is -1.07. The highest BCUT2D eigenvalue weighted by atomic mass is 32.2. The lowest BCUT2D eigenvalue weighted by Crippen LogP contribution is -2.45. The second-order valence-corrected chi connectivity index (χ2v) is 9.58. The number of sulfonamides is 1. The number of piperidine rings is 1. The van der Waals surface area contributed by atoms with Crippen LogP contribution in [0.25, 0.3) is 0 Å². The molecule has 2 heterocycles. The first-order valence-corrected chi connectivity index (χ1v) is 10.2. The molecule has 0 unspecified atom stereocenters. The van der Waals surface area contributed by atoms with Crippen molar-refractivity contribution in [1.29, 1.82) is 0 Å². The second-order valence-electron chi connectivity index (χ2n) is 5.67. The Balaban J connectivity index is 1.88. The Labute approximate surface area is 137 Å². The fraction of sp³-hybridized carbons (Fsp3) is 0.615. The van der Waals surface area contributed by atoms with E-state index in [2.05, 4.69) is 9.71 Å². The first-order chi connectivity index (χ1) is 10.7. The van der Waals surface area contributed by atoms with Gasteiger partial charge in [0.15, 0.2) is 0 Å². The van der Waals surface area contributed by atoms with Crippen LogP contribution in [0.3, 0.4) is 0 Å². The third kappa shape index (κ3) is 4.48. The van der Waals surface area contributed by atoms with Crippen molar-refractivity contribution in [1.82, 2.24) is 18.3 Å². The lowest BCUT2D eigenvalue weighted by Gasteiger charge is -2.32. The summed E-state index contributed by atoms with van der Waals surface area (Å²) in [6, 6.07) is 3.06. The summed E-state index contributed by atoms with van der Waals surface area (Å²) >= 11 is 0. The minimum absolute atomic E-state index is 0.120. The number of rotatable bonds is 6. The summed E-state index contributed by atoms with van der Waals surface area (Å²) in [6.07, 6.45) is 4.07. The van der Waals surface area contributed by atoms with Crippen LogP contribution in [0.4, 0.5) is 0 Å².